The second-order valence-electron chi connectivity index (χ2n) is 16.4. The monoisotopic (exact) mass is 807 g/mol. The average molecular weight is 808 g/mol. The van der Waals surface area contributed by atoms with Gasteiger partial charge in [-0.1, -0.05) is 196 Å². The minimum Gasteiger partial charge on any atom is -0.456 e. The summed E-state index contributed by atoms with van der Waals surface area (Å²) in [5.41, 5.74) is 11.2. The predicted molar refractivity (Wildman–Crippen MR) is 266 cm³/mol. The minimum absolute atomic E-state index is 0.627. The molecular weight excluding hydrogens is 767 g/mol. The lowest BCUT2D eigenvalue weighted by atomic mass is 9.96. The molecule has 298 valence electrons. The van der Waals surface area contributed by atoms with Crippen LogP contribution in [0.1, 0.15) is 20.3 Å². The zero-order chi connectivity index (χ0) is 42.0. The van der Waals surface area contributed by atoms with Crippen molar-refractivity contribution >= 4 is 87.0 Å². The number of furan rings is 1. The maximum Gasteiger partial charge on any atom is 0.235 e. The quantitative estimate of drug-likeness (QED) is 0.178. The molecule has 0 aliphatic carbocycles. The molecule has 13 rings (SSSR count). The molecule has 0 radical (unpaired) electrons. The normalized spacial score (nSPS) is 11.7. The Morgan fingerprint density at radius 2 is 0.952 bits per heavy atom. The second kappa shape index (κ2) is 14.8. The van der Waals surface area contributed by atoms with Gasteiger partial charge in [-0.25, -0.2) is 9.97 Å². The Hall–Kier alpha value is -8.08. The van der Waals surface area contributed by atoms with Crippen LogP contribution in [0.3, 0.4) is 0 Å². The third-order valence-corrected chi connectivity index (χ3v) is 12.4. The Balaban J connectivity index is 0.00000137. The molecule has 3 aromatic heterocycles. The highest BCUT2D eigenvalue weighted by atomic mass is 16.3. The fourth-order valence-electron chi connectivity index (χ4n) is 9.64. The van der Waals surface area contributed by atoms with E-state index in [4.69, 9.17) is 14.4 Å². The second-order valence-corrected chi connectivity index (χ2v) is 16.4. The Labute approximate surface area is 364 Å². The van der Waals surface area contributed by atoms with E-state index in [1.54, 1.807) is 0 Å². The highest BCUT2D eigenvalue weighted by Crippen LogP contribution is 2.43. The Morgan fingerprint density at radius 3 is 1.76 bits per heavy atom. The van der Waals surface area contributed by atoms with E-state index in [1.165, 1.54) is 39.1 Å². The summed E-state index contributed by atoms with van der Waals surface area (Å²) in [6.07, 6.45) is 1.25. The van der Waals surface area contributed by atoms with Crippen molar-refractivity contribution in [2.75, 3.05) is 0 Å². The fourth-order valence-corrected chi connectivity index (χ4v) is 9.64. The van der Waals surface area contributed by atoms with E-state index in [0.717, 1.165) is 87.8 Å². The van der Waals surface area contributed by atoms with Crippen LogP contribution in [-0.2, 0) is 0 Å². The molecule has 0 bridgehead atoms. The molecule has 0 unspecified atom stereocenters. The van der Waals surface area contributed by atoms with Crippen molar-refractivity contribution in [1.29, 1.82) is 0 Å². The molecule has 0 atom stereocenters. The molecule has 0 fully saturated rings. The third kappa shape index (κ3) is 5.90. The van der Waals surface area contributed by atoms with Crippen molar-refractivity contribution in [2.45, 2.75) is 20.3 Å². The number of benzene rings is 10. The van der Waals surface area contributed by atoms with Crippen molar-refractivity contribution in [1.82, 2.24) is 14.5 Å². The van der Waals surface area contributed by atoms with Crippen LogP contribution in [0.15, 0.2) is 205 Å². The summed E-state index contributed by atoms with van der Waals surface area (Å²) < 4.78 is 8.91. The van der Waals surface area contributed by atoms with E-state index in [1.807, 2.05) is 0 Å². The predicted octanol–water partition coefficient (Wildman–Crippen LogP) is 16.5. The summed E-state index contributed by atoms with van der Waals surface area (Å²) in [6, 6.07) is 71.4. The summed E-state index contributed by atoms with van der Waals surface area (Å²) in [5, 5.41) is 12.7. The van der Waals surface area contributed by atoms with Gasteiger partial charge in [-0.2, -0.15) is 0 Å². The van der Waals surface area contributed by atoms with Crippen LogP contribution >= 0.6 is 0 Å². The Bertz CT molecular complexity index is 3910. The Kier molecular flexibility index (Phi) is 8.65. The van der Waals surface area contributed by atoms with Crippen LogP contribution in [-0.4, -0.2) is 14.5 Å². The number of aromatic nitrogens is 3. The molecule has 3 heterocycles. The highest BCUT2D eigenvalue weighted by molar-refractivity contribution is 6.22. The molecule has 0 N–H and O–H groups in total. The number of rotatable bonds is 4. The standard InChI is InChI=1S/C56H33N3O.C3H8/c1-4-15-40-34(11-1)14-9-19-41(40)37-23-25-38(26-24-37)53-47-18-7-8-22-49(47)57-56(58-53)59-54-43-17-6-3-13-36(43)27-30-46(54)45-21-10-20-44(55(45)59)39-28-31-48-51(33-39)60-50-32-29-35-12-2-5-16-42(35)52(48)50;1-3-2/h1-33H;3H2,1-2H3. The largest absolute Gasteiger partial charge is 0.456 e. The molecule has 13 aromatic rings. The number of hydrogen-bond donors (Lipinski definition) is 0. The fraction of sp³-hybridized carbons (Fsp3) is 0.0508. The maximum atomic E-state index is 6.61. The van der Waals surface area contributed by atoms with Crippen LogP contribution in [0.5, 0.6) is 0 Å². The van der Waals surface area contributed by atoms with Gasteiger partial charge < -0.3 is 4.42 Å². The van der Waals surface area contributed by atoms with Gasteiger partial charge in [-0.3, -0.25) is 4.57 Å². The van der Waals surface area contributed by atoms with E-state index in [2.05, 4.69) is 219 Å². The van der Waals surface area contributed by atoms with E-state index >= 15 is 0 Å². The van der Waals surface area contributed by atoms with Crippen LogP contribution in [0.25, 0.3) is 126 Å². The number of para-hydroxylation sites is 2. The van der Waals surface area contributed by atoms with Gasteiger partial charge in [0.15, 0.2) is 0 Å². The lowest BCUT2D eigenvalue weighted by Gasteiger charge is -2.14. The lowest BCUT2D eigenvalue weighted by molar-refractivity contribution is 0.669. The highest BCUT2D eigenvalue weighted by Gasteiger charge is 2.22. The van der Waals surface area contributed by atoms with Crippen LogP contribution in [0.2, 0.25) is 0 Å². The number of fused-ring (bicyclic) bond motifs is 12. The Morgan fingerprint density at radius 1 is 0.397 bits per heavy atom. The van der Waals surface area contributed by atoms with Gasteiger partial charge in [0, 0.05) is 43.4 Å². The lowest BCUT2D eigenvalue weighted by Crippen LogP contribution is -2.04. The van der Waals surface area contributed by atoms with Gasteiger partial charge in [0.1, 0.15) is 11.2 Å². The van der Waals surface area contributed by atoms with Gasteiger partial charge in [0.2, 0.25) is 5.95 Å². The average Bonchev–Trinajstić information content (AvgIpc) is 3.90. The minimum atomic E-state index is 0.627. The van der Waals surface area contributed by atoms with Gasteiger partial charge in [-0.05, 0) is 67.9 Å². The van der Waals surface area contributed by atoms with Gasteiger partial charge in [0.05, 0.1) is 22.2 Å². The molecule has 0 aliphatic heterocycles. The molecule has 10 aromatic carbocycles. The van der Waals surface area contributed by atoms with Crippen LogP contribution in [0.4, 0.5) is 0 Å². The molecule has 0 aliphatic rings. The molecule has 0 saturated heterocycles. The van der Waals surface area contributed by atoms with Crippen molar-refractivity contribution in [3.05, 3.63) is 200 Å². The van der Waals surface area contributed by atoms with E-state index in [9.17, 15) is 0 Å². The molecule has 0 amide bonds. The van der Waals surface area contributed by atoms with Crippen LogP contribution in [0, 0.1) is 0 Å². The third-order valence-electron chi connectivity index (χ3n) is 12.4. The van der Waals surface area contributed by atoms with Gasteiger partial charge >= 0.3 is 0 Å². The molecule has 4 nitrogen and oxygen atoms in total. The molecule has 0 saturated carbocycles. The first-order valence-corrected chi connectivity index (χ1v) is 21.8. The summed E-state index contributed by atoms with van der Waals surface area (Å²) in [7, 11) is 0. The smallest absolute Gasteiger partial charge is 0.235 e. The van der Waals surface area contributed by atoms with E-state index in [0.29, 0.717) is 5.95 Å². The zero-order valence-corrected chi connectivity index (χ0v) is 35.0. The number of hydrogen-bond acceptors (Lipinski definition) is 3. The zero-order valence-electron chi connectivity index (χ0n) is 35.0. The summed E-state index contributed by atoms with van der Waals surface area (Å²) >= 11 is 0. The van der Waals surface area contributed by atoms with E-state index < -0.39 is 0 Å². The number of nitrogens with zero attached hydrogens (tertiary/aromatic N) is 3. The molecule has 0 spiro atoms. The molecule has 4 heteroatoms. The first kappa shape index (κ1) is 36.7. The maximum absolute atomic E-state index is 6.61. The van der Waals surface area contributed by atoms with Crippen molar-refractivity contribution in [2.24, 2.45) is 0 Å². The van der Waals surface area contributed by atoms with Crippen molar-refractivity contribution in [3.63, 3.8) is 0 Å². The first-order chi connectivity index (χ1) is 31.2. The molecule has 63 heavy (non-hydrogen) atoms. The molecular formula is C59H41N3O. The van der Waals surface area contributed by atoms with E-state index in [-0.39, 0.29) is 0 Å². The summed E-state index contributed by atoms with van der Waals surface area (Å²) in [6.45, 7) is 4.25. The van der Waals surface area contributed by atoms with Gasteiger partial charge in [0.25, 0.3) is 0 Å². The van der Waals surface area contributed by atoms with Gasteiger partial charge in [-0.15, -0.1) is 0 Å². The summed E-state index contributed by atoms with van der Waals surface area (Å²) in [4.78, 5) is 10.9. The topological polar surface area (TPSA) is 43.9 Å². The first-order valence-electron chi connectivity index (χ1n) is 21.8. The SMILES string of the molecule is CCC.c1ccc2c(-c3ccc(-c4nc(-n5c6c(-c7ccc8c(c7)oc7ccc9ccccc9c78)cccc6c6ccc7ccccc7c65)nc5ccccc45)cc3)cccc2c1. The van der Waals surface area contributed by atoms with Crippen molar-refractivity contribution < 1.29 is 4.42 Å². The van der Waals surface area contributed by atoms with Crippen molar-refractivity contribution in [3.8, 4) is 39.5 Å². The summed E-state index contributed by atoms with van der Waals surface area (Å²) in [5.74, 6) is 0.627. The van der Waals surface area contributed by atoms with Crippen LogP contribution < -0.4 is 0 Å².